The first-order valence-electron chi connectivity index (χ1n) is 5.91. The molecule has 6 heteroatoms. The van der Waals surface area contributed by atoms with Gasteiger partial charge in [0.15, 0.2) is 5.76 Å². The van der Waals surface area contributed by atoms with Crippen molar-refractivity contribution in [2.75, 3.05) is 0 Å². The third kappa shape index (κ3) is 2.11. The highest BCUT2D eigenvalue weighted by Gasteiger charge is 2.21. The Bertz CT molecular complexity index is 669. The second-order valence-corrected chi connectivity index (χ2v) is 4.37. The summed E-state index contributed by atoms with van der Waals surface area (Å²) in [6, 6.07) is 8.74. The van der Waals surface area contributed by atoms with E-state index < -0.39 is 12.1 Å². The molecule has 3 rings (SSSR count). The Morgan fingerprint density at radius 2 is 2.11 bits per heavy atom. The molecule has 0 fully saturated rings. The molecule has 2 aromatic heterocycles. The molecule has 2 heterocycles. The van der Waals surface area contributed by atoms with E-state index in [1.807, 2.05) is 30.3 Å². The Morgan fingerprint density at radius 3 is 2.84 bits per heavy atom. The molecule has 3 aromatic rings. The molecule has 2 unspecified atom stereocenters. The number of para-hydroxylation sites is 1. The number of aromatic nitrogens is 2. The van der Waals surface area contributed by atoms with E-state index in [1.165, 1.54) is 0 Å². The van der Waals surface area contributed by atoms with E-state index in [0.29, 0.717) is 11.6 Å². The molecule has 0 aliphatic heterocycles. The predicted octanol–water partition coefficient (Wildman–Crippen LogP) is 1.86. The van der Waals surface area contributed by atoms with Crippen molar-refractivity contribution < 1.29 is 14.0 Å². The molecule has 3 N–H and O–H groups in total. The molecular formula is C13H13N3O3. The number of rotatable bonds is 3. The van der Waals surface area contributed by atoms with Crippen LogP contribution in [0.4, 0.5) is 0 Å². The maximum absolute atomic E-state index is 9.39. The number of hydrogen-bond donors (Lipinski definition) is 2. The summed E-state index contributed by atoms with van der Waals surface area (Å²) in [5.74, 6) is 1.02. The fourth-order valence-corrected chi connectivity index (χ4v) is 1.77. The minimum absolute atomic E-state index is 0.186. The van der Waals surface area contributed by atoms with Gasteiger partial charge in [0.2, 0.25) is 11.7 Å². The van der Waals surface area contributed by atoms with Crippen molar-refractivity contribution in [1.82, 2.24) is 10.1 Å². The van der Waals surface area contributed by atoms with Crippen LogP contribution in [0.2, 0.25) is 0 Å². The van der Waals surface area contributed by atoms with Crippen LogP contribution in [0.15, 0.2) is 39.3 Å². The van der Waals surface area contributed by atoms with E-state index in [0.717, 1.165) is 11.0 Å². The van der Waals surface area contributed by atoms with Gasteiger partial charge in [-0.25, -0.2) is 0 Å². The third-order valence-electron chi connectivity index (χ3n) is 2.89. The van der Waals surface area contributed by atoms with Crippen LogP contribution in [0.5, 0.6) is 0 Å². The summed E-state index contributed by atoms with van der Waals surface area (Å²) in [4.78, 5) is 4.14. The molecule has 0 radical (unpaired) electrons. The second kappa shape index (κ2) is 4.49. The number of furan rings is 1. The molecule has 98 valence electrons. The van der Waals surface area contributed by atoms with Gasteiger partial charge in [0.25, 0.3) is 0 Å². The summed E-state index contributed by atoms with van der Waals surface area (Å²) in [5, 5.41) is 14.2. The number of nitrogens with two attached hydrogens (primary N) is 1. The van der Waals surface area contributed by atoms with Gasteiger partial charge in [-0.2, -0.15) is 4.98 Å². The van der Waals surface area contributed by atoms with E-state index in [-0.39, 0.29) is 5.89 Å². The van der Waals surface area contributed by atoms with Crippen LogP contribution in [0.1, 0.15) is 18.9 Å². The zero-order valence-corrected chi connectivity index (χ0v) is 10.3. The number of benzene rings is 1. The minimum atomic E-state index is -0.760. The lowest BCUT2D eigenvalue weighted by Gasteiger charge is -2.08. The van der Waals surface area contributed by atoms with Crippen molar-refractivity contribution >= 4 is 11.0 Å². The molecule has 0 saturated heterocycles. The normalized spacial score (nSPS) is 14.7. The quantitative estimate of drug-likeness (QED) is 0.745. The zero-order valence-electron chi connectivity index (χ0n) is 10.3. The Morgan fingerprint density at radius 1 is 1.32 bits per heavy atom. The first kappa shape index (κ1) is 11.9. The third-order valence-corrected chi connectivity index (χ3v) is 2.89. The lowest BCUT2D eigenvalue weighted by atomic mass is 10.2. The Balaban J connectivity index is 1.98. The molecule has 0 aliphatic carbocycles. The minimum Gasteiger partial charge on any atom is -0.453 e. The highest BCUT2D eigenvalue weighted by Crippen LogP contribution is 2.26. The predicted molar refractivity (Wildman–Crippen MR) is 68.1 cm³/mol. The Kier molecular flexibility index (Phi) is 2.81. The molecular weight excluding hydrogens is 246 g/mol. The summed E-state index contributed by atoms with van der Waals surface area (Å²) in [7, 11) is 0. The molecule has 0 spiro atoms. The van der Waals surface area contributed by atoms with Crippen LogP contribution in [0.25, 0.3) is 22.6 Å². The van der Waals surface area contributed by atoms with Crippen molar-refractivity contribution in [2.45, 2.75) is 19.1 Å². The highest BCUT2D eigenvalue weighted by atomic mass is 16.5. The highest BCUT2D eigenvalue weighted by molar-refractivity contribution is 5.81. The molecule has 2 atom stereocenters. The van der Waals surface area contributed by atoms with Gasteiger partial charge >= 0.3 is 0 Å². The smallest absolute Gasteiger partial charge is 0.246 e. The average molecular weight is 259 g/mol. The van der Waals surface area contributed by atoms with Crippen molar-refractivity contribution in [3.63, 3.8) is 0 Å². The van der Waals surface area contributed by atoms with E-state index in [1.54, 1.807) is 6.92 Å². The summed E-state index contributed by atoms with van der Waals surface area (Å²) in [5.41, 5.74) is 6.48. The number of nitrogens with zero attached hydrogens (tertiary/aromatic N) is 2. The Hall–Kier alpha value is -2.18. The molecule has 0 saturated carbocycles. The standard InChI is InChI=1S/C13H13N3O3/c1-7(17)11(14)13-15-12(16-19-13)10-6-8-4-2-3-5-9(8)18-10/h2-7,11,17H,14H2,1H3. The van der Waals surface area contributed by atoms with E-state index >= 15 is 0 Å². The van der Waals surface area contributed by atoms with Gasteiger partial charge in [-0.15, -0.1) is 0 Å². The van der Waals surface area contributed by atoms with Gasteiger partial charge in [0.05, 0.1) is 6.10 Å². The van der Waals surface area contributed by atoms with Crippen LogP contribution >= 0.6 is 0 Å². The molecule has 0 bridgehead atoms. The van der Waals surface area contributed by atoms with E-state index in [9.17, 15) is 5.11 Å². The summed E-state index contributed by atoms with van der Waals surface area (Å²) in [6.45, 7) is 1.57. The first-order chi connectivity index (χ1) is 9.15. The monoisotopic (exact) mass is 259 g/mol. The lowest BCUT2D eigenvalue weighted by molar-refractivity contribution is 0.146. The zero-order chi connectivity index (χ0) is 13.4. The largest absolute Gasteiger partial charge is 0.453 e. The Labute approximate surface area is 108 Å². The van der Waals surface area contributed by atoms with Gasteiger partial charge in [-0.3, -0.25) is 0 Å². The van der Waals surface area contributed by atoms with Crippen LogP contribution in [-0.4, -0.2) is 21.4 Å². The number of aliphatic hydroxyl groups excluding tert-OH is 1. The lowest BCUT2D eigenvalue weighted by Crippen LogP contribution is -2.23. The SMILES string of the molecule is CC(O)C(N)c1nc(-c2cc3ccccc3o2)no1. The molecule has 0 aliphatic rings. The maximum atomic E-state index is 9.39. The molecule has 1 aromatic carbocycles. The van der Waals surface area contributed by atoms with Gasteiger partial charge in [0, 0.05) is 5.39 Å². The molecule has 6 nitrogen and oxygen atoms in total. The fraction of sp³-hybridized carbons (Fsp3) is 0.231. The fourth-order valence-electron chi connectivity index (χ4n) is 1.77. The van der Waals surface area contributed by atoms with Crippen molar-refractivity contribution in [1.29, 1.82) is 0 Å². The summed E-state index contributed by atoms with van der Waals surface area (Å²) < 4.78 is 10.7. The number of hydrogen-bond acceptors (Lipinski definition) is 6. The maximum Gasteiger partial charge on any atom is 0.246 e. The van der Waals surface area contributed by atoms with Crippen LogP contribution in [0.3, 0.4) is 0 Å². The molecule has 19 heavy (non-hydrogen) atoms. The van der Waals surface area contributed by atoms with Crippen LogP contribution in [-0.2, 0) is 0 Å². The topological polar surface area (TPSA) is 98.3 Å². The van der Waals surface area contributed by atoms with Crippen LogP contribution in [0, 0.1) is 0 Å². The van der Waals surface area contributed by atoms with Gasteiger partial charge in [0.1, 0.15) is 11.6 Å². The average Bonchev–Trinajstić information content (AvgIpc) is 3.03. The van der Waals surface area contributed by atoms with Gasteiger partial charge in [-0.1, -0.05) is 23.4 Å². The second-order valence-electron chi connectivity index (χ2n) is 4.37. The number of fused-ring (bicyclic) bond motifs is 1. The van der Waals surface area contributed by atoms with E-state index in [2.05, 4.69) is 10.1 Å². The van der Waals surface area contributed by atoms with Crippen molar-refractivity contribution in [3.05, 3.63) is 36.2 Å². The van der Waals surface area contributed by atoms with E-state index in [4.69, 9.17) is 14.7 Å². The number of aliphatic hydroxyl groups is 1. The van der Waals surface area contributed by atoms with Crippen LogP contribution < -0.4 is 5.73 Å². The van der Waals surface area contributed by atoms with Gasteiger partial charge in [-0.05, 0) is 19.1 Å². The summed E-state index contributed by atoms with van der Waals surface area (Å²) >= 11 is 0. The first-order valence-corrected chi connectivity index (χ1v) is 5.91. The van der Waals surface area contributed by atoms with Gasteiger partial charge < -0.3 is 19.8 Å². The van der Waals surface area contributed by atoms with Crippen molar-refractivity contribution in [2.24, 2.45) is 5.73 Å². The van der Waals surface area contributed by atoms with Crippen molar-refractivity contribution in [3.8, 4) is 11.6 Å². The molecule has 0 amide bonds. The summed E-state index contributed by atoms with van der Waals surface area (Å²) in [6.07, 6.45) is -0.760.